The SMILES string of the molecule is CC(C)N1CC(NC(=O)N(C)Cc2ccccc2)CC1=O. The average Bonchev–Trinajstić information content (AvgIpc) is 2.80. The predicted molar refractivity (Wildman–Crippen MR) is 81.7 cm³/mol. The van der Waals surface area contributed by atoms with Crippen molar-refractivity contribution in [1.82, 2.24) is 15.1 Å². The molecule has 5 heteroatoms. The number of carbonyl (C=O) groups excluding carboxylic acids is 2. The van der Waals surface area contributed by atoms with Crippen LogP contribution in [0.1, 0.15) is 25.8 Å². The molecule has 1 aliphatic heterocycles. The maximum absolute atomic E-state index is 12.2. The van der Waals surface area contributed by atoms with Crippen molar-refractivity contribution >= 4 is 11.9 Å². The Morgan fingerprint density at radius 1 is 1.38 bits per heavy atom. The number of urea groups is 1. The molecule has 1 heterocycles. The molecule has 1 atom stereocenters. The van der Waals surface area contributed by atoms with Gasteiger partial charge in [0.25, 0.3) is 0 Å². The summed E-state index contributed by atoms with van der Waals surface area (Å²) in [5.74, 6) is 0.112. The lowest BCUT2D eigenvalue weighted by Crippen LogP contribution is -2.44. The highest BCUT2D eigenvalue weighted by Crippen LogP contribution is 2.14. The van der Waals surface area contributed by atoms with Crippen molar-refractivity contribution in [3.63, 3.8) is 0 Å². The zero-order chi connectivity index (χ0) is 15.4. The number of nitrogens with zero attached hydrogens (tertiary/aromatic N) is 2. The minimum Gasteiger partial charge on any atom is -0.338 e. The van der Waals surface area contributed by atoms with Crippen LogP contribution in [0.25, 0.3) is 0 Å². The maximum Gasteiger partial charge on any atom is 0.317 e. The Labute approximate surface area is 125 Å². The van der Waals surface area contributed by atoms with Gasteiger partial charge >= 0.3 is 6.03 Å². The number of carbonyl (C=O) groups is 2. The van der Waals surface area contributed by atoms with E-state index in [1.807, 2.05) is 49.1 Å². The third-order valence-electron chi connectivity index (χ3n) is 3.72. The van der Waals surface area contributed by atoms with E-state index in [0.717, 1.165) is 5.56 Å². The fourth-order valence-corrected chi connectivity index (χ4v) is 2.54. The Morgan fingerprint density at radius 3 is 2.62 bits per heavy atom. The molecule has 1 N–H and O–H groups in total. The van der Waals surface area contributed by atoms with Crippen LogP contribution in [-0.2, 0) is 11.3 Å². The van der Waals surface area contributed by atoms with E-state index in [1.165, 1.54) is 0 Å². The predicted octanol–water partition coefficient (Wildman–Crippen LogP) is 1.84. The third kappa shape index (κ3) is 3.97. The summed E-state index contributed by atoms with van der Waals surface area (Å²) in [5, 5.41) is 2.94. The molecular formula is C16H23N3O2. The topological polar surface area (TPSA) is 52.7 Å². The number of rotatable bonds is 4. The van der Waals surface area contributed by atoms with Gasteiger partial charge in [0, 0.05) is 32.6 Å². The first-order chi connectivity index (χ1) is 9.97. The minimum absolute atomic E-state index is 0.0920. The summed E-state index contributed by atoms with van der Waals surface area (Å²) >= 11 is 0. The van der Waals surface area contributed by atoms with E-state index in [-0.39, 0.29) is 24.0 Å². The van der Waals surface area contributed by atoms with Crippen molar-refractivity contribution in [2.45, 2.75) is 38.9 Å². The zero-order valence-corrected chi connectivity index (χ0v) is 12.9. The van der Waals surface area contributed by atoms with Crippen LogP contribution in [0.2, 0.25) is 0 Å². The number of hydrogen-bond acceptors (Lipinski definition) is 2. The summed E-state index contributed by atoms with van der Waals surface area (Å²) in [6.45, 7) is 5.13. The van der Waals surface area contributed by atoms with Gasteiger partial charge in [0.1, 0.15) is 0 Å². The highest BCUT2D eigenvalue weighted by atomic mass is 16.2. The quantitative estimate of drug-likeness (QED) is 0.919. The maximum atomic E-state index is 12.2. The summed E-state index contributed by atoms with van der Waals surface area (Å²) in [5.41, 5.74) is 1.08. The van der Waals surface area contributed by atoms with Gasteiger partial charge in [0.05, 0.1) is 6.04 Å². The van der Waals surface area contributed by atoms with Crippen molar-refractivity contribution < 1.29 is 9.59 Å². The van der Waals surface area contributed by atoms with Crippen LogP contribution in [0.4, 0.5) is 4.79 Å². The van der Waals surface area contributed by atoms with E-state index < -0.39 is 0 Å². The van der Waals surface area contributed by atoms with Crippen LogP contribution in [0.3, 0.4) is 0 Å². The molecule has 1 unspecified atom stereocenters. The molecule has 1 aromatic carbocycles. The molecule has 2 rings (SSSR count). The van der Waals surface area contributed by atoms with Gasteiger partial charge in [-0.1, -0.05) is 30.3 Å². The molecule has 0 bridgehead atoms. The first-order valence-corrected chi connectivity index (χ1v) is 7.32. The molecule has 0 saturated carbocycles. The van der Waals surface area contributed by atoms with E-state index in [2.05, 4.69) is 5.32 Å². The van der Waals surface area contributed by atoms with Crippen LogP contribution in [-0.4, -0.2) is 47.4 Å². The number of amides is 3. The highest BCUT2D eigenvalue weighted by Gasteiger charge is 2.32. The number of nitrogens with one attached hydrogen (secondary N) is 1. The summed E-state index contributed by atoms with van der Waals surface area (Å²) < 4.78 is 0. The van der Waals surface area contributed by atoms with Gasteiger partial charge < -0.3 is 15.1 Å². The molecule has 1 aliphatic rings. The lowest BCUT2D eigenvalue weighted by atomic mass is 10.2. The molecule has 3 amide bonds. The van der Waals surface area contributed by atoms with E-state index in [1.54, 1.807) is 11.9 Å². The summed E-state index contributed by atoms with van der Waals surface area (Å²) in [6.07, 6.45) is 0.392. The third-order valence-corrected chi connectivity index (χ3v) is 3.72. The van der Waals surface area contributed by atoms with Gasteiger partial charge in [-0.15, -0.1) is 0 Å². The zero-order valence-electron chi connectivity index (χ0n) is 12.9. The van der Waals surface area contributed by atoms with E-state index in [4.69, 9.17) is 0 Å². The van der Waals surface area contributed by atoms with Crippen LogP contribution in [0.5, 0.6) is 0 Å². The Hall–Kier alpha value is -2.04. The second-order valence-electron chi connectivity index (χ2n) is 5.83. The van der Waals surface area contributed by atoms with Crippen molar-refractivity contribution in [3.8, 4) is 0 Å². The summed E-state index contributed by atoms with van der Waals surface area (Å²) in [7, 11) is 1.76. The average molecular weight is 289 g/mol. The first kappa shape index (κ1) is 15.4. The fraction of sp³-hybridized carbons (Fsp3) is 0.500. The van der Waals surface area contributed by atoms with Gasteiger partial charge in [-0.3, -0.25) is 4.79 Å². The minimum atomic E-state index is -0.137. The van der Waals surface area contributed by atoms with Gasteiger partial charge in [-0.25, -0.2) is 4.79 Å². The van der Waals surface area contributed by atoms with Crippen LogP contribution in [0, 0.1) is 0 Å². The number of hydrogen-bond donors (Lipinski definition) is 1. The van der Waals surface area contributed by atoms with Crippen LogP contribution >= 0.6 is 0 Å². The molecule has 1 fully saturated rings. The normalized spacial score (nSPS) is 18.2. The number of benzene rings is 1. The van der Waals surface area contributed by atoms with Crippen molar-refractivity contribution in [2.75, 3.05) is 13.6 Å². The lowest BCUT2D eigenvalue weighted by Gasteiger charge is -2.23. The van der Waals surface area contributed by atoms with Gasteiger partial charge in [-0.05, 0) is 19.4 Å². The highest BCUT2D eigenvalue weighted by molar-refractivity contribution is 5.81. The lowest BCUT2D eigenvalue weighted by molar-refractivity contribution is -0.129. The number of likely N-dealkylation sites (tertiary alicyclic amines) is 1. The smallest absolute Gasteiger partial charge is 0.317 e. The standard InChI is InChI=1S/C16H23N3O2/c1-12(2)19-11-14(9-15(19)20)17-16(21)18(3)10-13-7-5-4-6-8-13/h4-8,12,14H,9-11H2,1-3H3,(H,17,21). The largest absolute Gasteiger partial charge is 0.338 e. The van der Waals surface area contributed by atoms with Crippen molar-refractivity contribution in [3.05, 3.63) is 35.9 Å². The Kier molecular flexibility index (Phi) is 4.83. The Balaban J connectivity index is 1.86. The van der Waals surface area contributed by atoms with E-state index >= 15 is 0 Å². The van der Waals surface area contributed by atoms with Gasteiger partial charge in [0.15, 0.2) is 0 Å². The molecule has 0 aliphatic carbocycles. The van der Waals surface area contributed by atoms with Crippen LogP contribution < -0.4 is 5.32 Å². The molecule has 114 valence electrons. The monoisotopic (exact) mass is 289 g/mol. The summed E-state index contributed by atoms with van der Waals surface area (Å²) in [4.78, 5) is 27.4. The molecule has 5 nitrogen and oxygen atoms in total. The molecule has 1 saturated heterocycles. The second kappa shape index (κ2) is 6.61. The second-order valence-corrected chi connectivity index (χ2v) is 5.83. The molecule has 1 aromatic rings. The van der Waals surface area contributed by atoms with E-state index in [9.17, 15) is 9.59 Å². The molecule has 0 radical (unpaired) electrons. The fourth-order valence-electron chi connectivity index (χ4n) is 2.54. The molecular weight excluding hydrogens is 266 g/mol. The van der Waals surface area contributed by atoms with Gasteiger partial charge in [0.2, 0.25) is 5.91 Å². The van der Waals surface area contributed by atoms with Crippen molar-refractivity contribution in [1.29, 1.82) is 0 Å². The Bertz CT molecular complexity index is 502. The van der Waals surface area contributed by atoms with E-state index in [0.29, 0.717) is 19.5 Å². The van der Waals surface area contributed by atoms with Crippen LogP contribution in [0.15, 0.2) is 30.3 Å². The Morgan fingerprint density at radius 2 is 2.05 bits per heavy atom. The van der Waals surface area contributed by atoms with Crippen molar-refractivity contribution in [2.24, 2.45) is 0 Å². The molecule has 0 aromatic heterocycles. The molecule has 21 heavy (non-hydrogen) atoms. The summed E-state index contributed by atoms with van der Waals surface area (Å²) in [6, 6.07) is 9.80. The van der Waals surface area contributed by atoms with Gasteiger partial charge in [-0.2, -0.15) is 0 Å². The molecule has 0 spiro atoms. The first-order valence-electron chi connectivity index (χ1n) is 7.32.